The smallest absolute Gasteiger partial charge is 0.408 e. The maximum Gasteiger partial charge on any atom is 0.408 e. The summed E-state index contributed by atoms with van der Waals surface area (Å²) in [4.78, 5) is 16.8. The number of carbonyl (C=O) groups excluding carboxylic acids is 1. The molecule has 0 saturated carbocycles. The molecule has 29 heavy (non-hydrogen) atoms. The van der Waals surface area contributed by atoms with E-state index in [0.717, 1.165) is 6.07 Å². The van der Waals surface area contributed by atoms with Crippen LogP contribution in [0.4, 0.5) is 13.6 Å². The Morgan fingerprint density at radius 1 is 1.34 bits per heavy atom. The molecule has 3 N–H and O–H groups in total. The van der Waals surface area contributed by atoms with Crippen molar-refractivity contribution in [2.24, 2.45) is 4.99 Å². The molecule has 6 nitrogen and oxygen atoms in total. The number of amidine groups is 1. The second-order valence-electron chi connectivity index (χ2n) is 8.29. The van der Waals surface area contributed by atoms with E-state index in [0.29, 0.717) is 25.1 Å². The second kappa shape index (κ2) is 10.0. The molecule has 0 bridgehead atoms. The number of rotatable bonds is 5. The summed E-state index contributed by atoms with van der Waals surface area (Å²) < 4.78 is 33.2. The largest absolute Gasteiger partial charge is 0.444 e. The fraction of sp³-hybridized carbons (Fsp3) is 0.619. The Labute approximate surface area is 170 Å². The monoisotopic (exact) mass is 411 g/mol. The van der Waals surface area contributed by atoms with Crippen molar-refractivity contribution in [2.75, 3.05) is 13.1 Å². The summed E-state index contributed by atoms with van der Waals surface area (Å²) >= 11 is 0. The molecule has 1 aromatic rings. The van der Waals surface area contributed by atoms with Crippen molar-refractivity contribution in [3.63, 3.8) is 0 Å². The molecular weight excluding hydrogens is 380 g/mol. The molecule has 2 rings (SSSR count). The second-order valence-corrected chi connectivity index (χ2v) is 8.29. The maximum absolute atomic E-state index is 14.2. The Morgan fingerprint density at radius 3 is 2.72 bits per heavy atom. The number of hydrogen-bond acceptors (Lipinski definition) is 5. The molecule has 1 aliphatic heterocycles. The summed E-state index contributed by atoms with van der Waals surface area (Å²) in [7, 11) is 0. The molecule has 3 atom stereocenters. The molecule has 0 aliphatic carbocycles. The third-order valence-corrected chi connectivity index (χ3v) is 4.72. The first-order valence-electron chi connectivity index (χ1n) is 10.0. The lowest BCUT2D eigenvalue weighted by Crippen LogP contribution is -2.49. The van der Waals surface area contributed by atoms with Crippen molar-refractivity contribution in [3.8, 4) is 0 Å². The number of aliphatic hydroxyl groups excluding tert-OH is 1. The molecule has 0 aromatic heterocycles. The van der Waals surface area contributed by atoms with Gasteiger partial charge in [0.1, 0.15) is 11.4 Å². The molecule has 1 amide bonds. The molecule has 1 aliphatic rings. The van der Waals surface area contributed by atoms with Crippen molar-refractivity contribution in [2.45, 2.75) is 70.6 Å². The lowest BCUT2D eigenvalue weighted by atomic mass is 9.93. The van der Waals surface area contributed by atoms with E-state index < -0.39 is 35.5 Å². The van der Waals surface area contributed by atoms with Crippen LogP contribution < -0.4 is 10.6 Å². The first kappa shape index (κ1) is 23.1. The highest BCUT2D eigenvalue weighted by atomic mass is 19.2. The van der Waals surface area contributed by atoms with Gasteiger partial charge in [0, 0.05) is 19.0 Å². The van der Waals surface area contributed by atoms with Crippen molar-refractivity contribution in [1.82, 2.24) is 10.6 Å². The Morgan fingerprint density at radius 2 is 2.07 bits per heavy atom. The molecule has 1 unspecified atom stereocenters. The standard InChI is InChI=1S/C21H31F2N3O3/c1-5-14(27)12-25-19-17(26-20(28)29-21(2,3)4)10-9-13(11-24-19)15-7-6-8-16(22)18(15)23/h6-8,13-14,17,27H,5,9-12H2,1-4H3,(H,24,25)(H,26,28)/t13-,14?,17-/m1/s1. The van der Waals surface area contributed by atoms with Crippen LogP contribution in [0.2, 0.25) is 0 Å². The molecule has 0 fully saturated rings. The number of halogens is 2. The zero-order valence-corrected chi connectivity index (χ0v) is 17.5. The number of benzene rings is 1. The molecule has 0 saturated heterocycles. The normalized spacial score (nSPS) is 21.0. The van der Waals surface area contributed by atoms with Crippen LogP contribution in [0, 0.1) is 11.6 Å². The van der Waals surface area contributed by atoms with E-state index in [9.17, 15) is 18.7 Å². The van der Waals surface area contributed by atoms with E-state index in [-0.39, 0.29) is 24.6 Å². The van der Waals surface area contributed by atoms with Crippen LogP contribution in [0.3, 0.4) is 0 Å². The minimum absolute atomic E-state index is 0.247. The Hall–Kier alpha value is -2.22. The van der Waals surface area contributed by atoms with Crippen molar-refractivity contribution in [3.05, 3.63) is 35.4 Å². The number of aliphatic hydroxyl groups is 1. The third kappa shape index (κ3) is 6.96. The number of nitrogens with one attached hydrogen (secondary N) is 2. The van der Waals surface area contributed by atoms with Crippen LogP contribution in [0.15, 0.2) is 23.2 Å². The van der Waals surface area contributed by atoms with E-state index in [1.807, 2.05) is 6.92 Å². The average molecular weight is 411 g/mol. The van der Waals surface area contributed by atoms with Crippen LogP contribution in [0.25, 0.3) is 0 Å². The molecular formula is C21H31F2N3O3. The summed E-state index contributed by atoms with van der Waals surface area (Å²) in [6.07, 6.45) is 0.407. The summed E-state index contributed by atoms with van der Waals surface area (Å²) in [5.74, 6) is -1.56. The van der Waals surface area contributed by atoms with E-state index >= 15 is 0 Å². The molecule has 1 aromatic carbocycles. The number of aliphatic imine (C=N–C) groups is 1. The van der Waals surface area contributed by atoms with Gasteiger partial charge in [-0.15, -0.1) is 0 Å². The topological polar surface area (TPSA) is 83.0 Å². The van der Waals surface area contributed by atoms with Crippen LogP contribution in [0.5, 0.6) is 0 Å². The van der Waals surface area contributed by atoms with Crippen molar-refractivity contribution >= 4 is 11.9 Å². The lowest BCUT2D eigenvalue weighted by Gasteiger charge is -2.25. The zero-order valence-electron chi connectivity index (χ0n) is 17.5. The fourth-order valence-electron chi connectivity index (χ4n) is 3.14. The van der Waals surface area contributed by atoms with Gasteiger partial charge in [-0.25, -0.2) is 13.6 Å². The highest BCUT2D eigenvalue weighted by molar-refractivity contribution is 5.90. The van der Waals surface area contributed by atoms with Crippen molar-refractivity contribution < 1.29 is 23.4 Å². The highest BCUT2D eigenvalue weighted by Gasteiger charge is 2.28. The first-order valence-corrected chi connectivity index (χ1v) is 10.0. The van der Waals surface area contributed by atoms with Gasteiger partial charge in [-0.05, 0) is 51.7 Å². The van der Waals surface area contributed by atoms with Gasteiger partial charge in [-0.1, -0.05) is 19.1 Å². The predicted octanol–water partition coefficient (Wildman–Crippen LogP) is 3.49. The Balaban J connectivity index is 2.18. The van der Waals surface area contributed by atoms with E-state index in [1.54, 1.807) is 26.8 Å². The number of hydrogen-bond donors (Lipinski definition) is 3. The number of alkyl carbamates (subject to hydrolysis) is 1. The van der Waals surface area contributed by atoms with E-state index in [2.05, 4.69) is 15.6 Å². The first-order chi connectivity index (χ1) is 13.6. The van der Waals surface area contributed by atoms with Crippen LogP contribution in [-0.2, 0) is 4.74 Å². The predicted molar refractivity (Wildman–Crippen MR) is 108 cm³/mol. The van der Waals surface area contributed by atoms with Gasteiger partial charge in [-0.3, -0.25) is 4.99 Å². The van der Waals surface area contributed by atoms with Crippen LogP contribution >= 0.6 is 0 Å². The number of ether oxygens (including phenoxy) is 1. The number of nitrogens with zero attached hydrogens (tertiary/aromatic N) is 1. The average Bonchev–Trinajstić information content (AvgIpc) is 2.83. The lowest BCUT2D eigenvalue weighted by molar-refractivity contribution is 0.0515. The van der Waals surface area contributed by atoms with Gasteiger partial charge < -0.3 is 20.5 Å². The highest BCUT2D eigenvalue weighted by Crippen LogP contribution is 2.28. The summed E-state index contributed by atoms with van der Waals surface area (Å²) in [6, 6.07) is 3.66. The number of carbonyl (C=O) groups is 1. The van der Waals surface area contributed by atoms with Crippen LogP contribution in [0.1, 0.15) is 58.4 Å². The van der Waals surface area contributed by atoms with Crippen molar-refractivity contribution in [1.29, 1.82) is 0 Å². The van der Waals surface area contributed by atoms with Gasteiger partial charge in [0.05, 0.1) is 12.1 Å². The molecule has 162 valence electrons. The number of amides is 1. The Bertz CT molecular complexity index is 734. The SMILES string of the molecule is CCC(O)CNC1=NC[C@H](c2cccc(F)c2F)CC[C@H]1NC(=O)OC(C)(C)C. The summed E-state index contributed by atoms with van der Waals surface area (Å²) in [5.41, 5.74) is -0.370. The van der Waals surface area contributed by atoms with Gasteiger partial charge in [0.15, 0.2) is 11.6 Å². The zero-order chi connectivity index (χ0) is 21.6. The van der Waals surface area contributed by atoms with Gasteiger partial charge in [0.2, 0.25) is 0 Å². The van der Waals surface area contributed by atoms with Crippen LogP contribution in [-0.4, -0.2) is 47.9 Å². The molecule has 0 radical (unpaired) electrons. The van der Waals surface area contributed by atoms with Gasteiger partial charge >= 0.3 is 6.09 Å². The van der Waals surface area contributed by atoms with Gasteiger partial charge in [-0.2, -0.15) is 0 Å². The van der Waals surface area contributed by atoms with E-state index in [4.69, 9.17) is 4.74 Å². The quantitative estimate of drug-likeness (QED) is 0.693. The minimum atomic E-state index is -0.886. The Kier molecular flexibility index (Phi) is 7.96. The molecule has 0 spiro atoms. The minimum Gasteiger partial charge on any atom is -0.444 e. The maximum atomic E-state index is 14.2. The molecule has 1 heterocycles. The van der Waals surface area contributed by atoms with E-state index in [1.165, 1.54) is 6.07 Å². The summed E-state index contributed by atoms with van der Waals surface area (Å²) in [5, 5.41) is 15.7. The summed E-state index contributed by atoms with van der Waals surface area (Å²) in [6.45, 7) is 7.70. The fourth-order valence-corrected chi connectivity index (χ4v) is 3.14. The molecule has 8 heteroatoms. The van der Waals surface area contributed by atoms with Gasteiger partial charge in [0.25, 0.3) is 0 Å². The third-order valence-electron chi connectivity index (χ3n) is 4.72.